The summed E-state index contributed by atoms with van der Waals surface area (Å²) in [6, 6.07) is 4.24. The van der Waals surface area contributed by atoms with E-state index in [4.69, 9.17) is 5.73 Å². The minimum Gasteiger partial charge on any atom is -0.337 e. The zero-order chi connectivity index (χ0) is 14.9. The number of likely N-dealkylation sites (tertiary alicyclic amines) is 1. The van der Waals surface area contributed by atoms with Crippen molar-refractivity contribution >= 4 is 27.5 Å². The van der Waals surface area contributed by atoms with Crippen LogP contribution < -0.4 is 5.73 Å². The number of benzene rings is 1. The van der Waals surface area contributed by atoms with Crippen molar-refractivity contribution in [1.82, 2.24) is 4.90 Å². The molecule has 0 aromatic heterocycles. The Morgan fingerprint density at radius 2 is 2.15 bits per heavy atom. The Balaban J connectivity index is 2.26. The molecule has 0 spiro atoms. The Bertz CT molecular complexity index is 540. The Hall–Kier alpha value is -1.47. The quantitative estimate of drug-likeness (QED) is 0.659. The second-order valence-electron chi connectivity index (χ2n) is 5.27. The van der Waals surface area contributed by atoms with Crippen LogP contribution in [0.1, 0.15) is 23.7 Å². The molecule has 1 aromatic carbocycles. The maximum absolute atomic E-state index is 12.4. The number of rotatable bonds is 2. The van der Waals surface area contributed by atoms with E-state index in [0.717, 1.165) is 6.42 Å². The molecule has 2 unspecified atom stereocenters. The lowest BCUT2D eigenvalue weighted by Gasteiger charge is -2.34. The Morgan fingerprint density at radius 1 is 1.45 bits per heavy atom. The van der Waals surface area contributed by atoms with Gasteiger partial charge in [0, 0.05) is 41.3 Å². The van der Waals surface area contributed by atoms with Crippen molar-refractivity contribution in [3.05, 3.63) is 38.3 Å². The molecular formula is C13H16BrN3O3. The Morgan fingerprint density at radius 3 is 2.75 bits per heavy atom. The zero-order valence-corrected chi connectivity index (χ0v) is 12.7. The van der Waals surface area contributed by atoms with Crippen LogP contribution in [-0.4, -0.2) is 34.9 Å². The van der Waals surface area contributed by atoms with Gasteiger partial charge in [0.1, 0.15) is 0 Å². The maximum Gasteiger partial charge on any atom is 0.271 e. The molecule has 1 fully saturated rings. The number of non-ortho nitro benzene ring substituents is 1. The summed E-state index contributed by atoms with van der Waals surface area (Å²) < 4.78 is 0.518. The number of carbonyl (C=O) groups is 1. The average Bonchev–Trinajstić information content (AvgIpc) is 2.35. The molecule has 1 aromatic rings. The van der Waals surface area contributed by atoms with Crippen LogP contribution in [0.25, 0.3) is 0 Å². The van der Waals surface area contributed by atoms with Crippen molar-refractivity contribution in [3.8, 4) is 0 Å². The van der Waals surface area contributed by atoms with Gasteiger partial charge in [-0.3, -0.25) is 14.9 Å². The molecule has 0 aliphatic carbocycles. The van der Waals surface area contributed by atoms with Gasteiger partial charge in [-0.25, -0.2) is 0 Å². The fraction of sp³-hybridized carbons (Fsp3) is 0.462. The highest BCUT2D eigenvalue weighted by atomic mass is 79.9. The van der Waals surface area contributed by atoms with Crippen LogP contribution in [0, 0.1) is 16.0 Å². The molecule has 7 heteroatoms. The molecule has 0 radical (unpaired) electrons. The molecule has 1 aliphatic heterocycles. The highest BCUT2D eigenvalue weighted by Gasteiger charge is 2.27. The molecule has 1 heterocycles. The highest BCUT2D eigenvalue weighted by molar-refractivity contribution is 9.10. The average molecular weight is 342 g/mol. The van der Waals surface area contributed by atoms with Crippen LogP contribution in [0.4, 0.5) is 5.69 Å². The standard InChI is InChI=1S/C13H16BrN3O3/c1-8-2-11(15)7-16(6-8)13(18)9-3-10(14)5-12(4-9)17(19)20/h3-5,8,11H,2,6-7,15H2,1H3. The minimum atomic E-state index is -0.508. The minimum absolute atomic E-state index is 0.0372. The molecule has 2 rings (SSSR count). The second kappa shape index (κ2) is 5.88. The molecule has 1 saturated heterocycles. The summed E-state index contributed by atoms with van der Waals surface area (Å²) in [5.74, 6) is 0.126. The number of hydrogen-bond donors (Lipinski definition) is 1. The van der Waals surface area contributed by atoms with Gasteiger partial charge < -0.3 is 10.6 Å². The van der Waals surface area contributed by atoms with Crippen LogP contribution in [0.2, 0.25) is 0 Å². The first kappa shape index (κ1) is 14.9. The SMILES string of the molecule is CC1CC(N)CN(C(=O)c2cc(Br)cc([N+](=O)[O-])c2)C1. The molecule has 1 amide bonds. The van der Waals surface area contributed by atoms with Crippen molar-refractivity contribution in [2.75, 3.05) is 13.1 Å². The molecular weight excluding hydrogens is 326 g/mol. The van der Waals surface area contributed by atoms with E-state index in [1.807, 2.05) is 6.92 Å². The number of nitrogens with two attached hydrogens (primary N) is 1. The smallest absolute Gasteiger partial charge is 0.271 e. The first-order chi connectivity index (χ1) is 9.36. The normalized spacial score (nSPS) is 22.6. The molecule has 6 nitrogen and oxygen atoms in total. The molecule has 1 aliphatic rings. The molecule has 2 N–H and O–H groups in total. The summed E-state index contributed by atoms with van der Waals surface area (Å²) >= 11 is 3.20. The lowest BCUT2D eigenvalue weighted by atomic mass is 9.96. The van der Waals surface area contributed by atoms with E-state index in [1.54, 1.807) is 11.0 Å². The summed E-state index contributed by atoms with van der Waals surface area (Å²) in [5, 5.41) is 10.8. The van der Waals surface area contributed by atoms with Gasteiger partial charge in [-0.2, -0.15) is 0 Å². The molecule has 2 atom stereocenters. The van der Waals surface area contributed by atoms with Crippen LogP contribution >= 0.6 is 15.9 Å². The number of halogens is 1. The first-order valence-corrected chi connectivity index (χ1v) is 7.16. The van der Waals surface area contributed by atoms with Gasteiger partial charge in [-0.1, -0.05) is 22.9 Å². The van der Waals surface area contributed by atoms with Crippen LogP contribution in [0.15, 0.2) is 22.7 Å². The maximum atomic E-state index is 12.4. The van der Waals surface area contributed by atoms with Gasteiger partial charge in [0.25, 0.3) is 11.6 Å². The van der Waals surface area contributed by atoms with Crippen LogP contribution in [-0.2, 0) is 0 Å². The number of piperidine rings is 1. The highest BCUT2D eigenvalue weighted by Crippen LogP contribution is 2.24. The van der Waals surface area contributed by atoms with Gasteiger partial charge in [0.15, 0.2) is 0 Å². The summed E-state index contributed by atoms with van der Waals surface area (Å²) in [7, 11) is 0. The van der Waals surface area contributed by atoms with Crippen LogP contribution in [0.3, 0.4) is 0 Å². The van der Waals surface area contributed by atoms with Crippen molar-refractivity contribution < 1.29 is 9.72 Å². The van der Waals surface area contributed by atoms with Gasteiger partial charge in [0.05, 0.1) is 4.92 Å². The van der Waals surface area contributed by atoms with E-state index in [0.29, 0.717) is 29.0 Å². The summed E-state index contributed by atoms with van der Waals surface area (Å²) in [5.41, 5.74) is 6.14. The van der Waals surface area contributed by atoms with E-state index in [1.165, 1.54) is 12.1 Å². The van der Waals surface area contributed by atoms with Crippen molar-refractivity contribution in [2.45, 2.75) is 19.4 Å². The van der Waals surface area contributed by atoms with E-state index in [9.17, 15) is 14.9 Å². The Kier molecular flexibility index (Phi) is 4.39. The first-order valence-electron chi connectivity index (χ1n) is 6.36. The number of nitro groups is 1. The van der Waals surface area contributed by atoms with E-state index >= 15 is 0 Å². The third-order valence-electron chi connectivity index (χ3n) is 3.32. The molecule has 108 valence electrons. The van der Waals surface area contributed by atoms with Gasteiger partial charge in [-0.05, 0) is 18.4 Å². The van der Waals surface area contributed by atoms with E-state index in [-0.39, 0.29) is 17.6 Å². The predicted molar refractivity (Wildman–Crippen MR) is 78.5 cm³/mol. The third kappa shape index (κ3) is 3.34. The number of hydrogen-bond acceptors (Lipinski definition) is 4. The number of nitrogens with zero attached hydrogens (tertiary/aromatic N) is 2. The van der Waals surface area contributed by atoms with E-state index < -0.39 is 4.92 Å². The lowest BCUT2D eigenvalue weighted by molar-refractivity contribution is -0.385. The summed E-state index contributed by atoms with van der Waals surface area (Å²) in [6.45, 7) is 3.17. The largest absolute Gasteiger partial charge is 0.337 e. The number of amides is 1. The number of nitro benzene ring substituents is 1. The monoisotopic (exact) mass is 341 g/mol. The predicted octanol–water partition coefficient (Wildman–Crippen LogP) is 2.17. The third-order valence-corrected chi connectivity index (χ3v) is 3.78. The second-order valence-corrected chi connectivity index (χ2v) is 6.18. The van der Waals surface area contributed by atoms with Gasteiger partial charge in [-0.15, -0.1) is 0 Å². The van der Waals surface area contributed by atoms with E-state index in [2.05, 4.69) is 15.9 Å². The molecule has 20 heavy (non-hydrogen) atoms. The summed E-state index contributed by atoms with van der Waals surface area (Å²) in [6.07, 6.45) is 0.891. The van der Waals surface area contributed by atoms with Crippen LogP contribution in [0.5, 0.6) is 0 Å². The topological polar surface area (TPSA) is 89.5 Å². The fourth-order valence-electron chi connectivity index (χ4n) is 2.55. The van der Waals surface area contributed by atoms with Crippen molar-refractivity contribution in [3.63, 3.8) is 0 Å². The number of carbonyl (C=O) groups excluding carboxylic acids is 1. The van der Waals surface area contributed by atoms with Gasteiger partial charge >= 0.3 is 0 Å². The zero-order valence-electron chi connectivity index (χ0n) is 11.1. The fourth-order valence-corrected chi connectivity index (χ4v) is 3.03. The Labute approximate surface area is 125 Å². The summed E-state index contributed by atoms with van der Waals surface area (Å²) in [4.78, 5) is 24.5. The van der Waals surface area contributed by atoms with Crippen molar-refractivity contribution in [2.24, 2.45) is 11.7 Å². The molecule has 0 saturated carbocycles. The van der Waals surface area contributed by atoms with Crippen molar-refractivity contribution in [1.29, 1.82) is 0 Å². The van der Waals surface area contributed by atoms with Gasteiger partial charge in [0.2, 0.25) is 0 Å². The lowest BCUT2D eigenvalue weighted by Crippen LogP contribution is -2.48. The molecule has 0 bridgehead atoms.